The van der Waals surface area contributed by atoms with Crippen LogP contribution in [0.1, 0.15) is 62.6 Å². The maximum atomic E-state index is 12.1. The van der Waals surface area contributed by atoms with Gasteiger partial charge in [0.05, 0.1) is 0 Å². The summed E-state index contributed by atoms with van der Waals surface area (Å²) < 4.78 is 5.23. The lowest BCUT2D eigenvalue weighted by Crippen LogP contribution is -2.37. The van der Waals surface area contributed by atoms with Crippen LogP contribution in [0.3, 0.4) is 0 Å². The van der Waals surface area contributed by atoms with E-state index in [1.54, 1.807) is 0 Å². The molecule has 22 heavy (non-hydrogen) atoms. The number of aryl methyl sites for hydroxylation is 1. The van der Waals surface area contributed by atoms with E-state index < -0.39 is 0 Å². The molecule has 0 aliphatic carbocycles. The van der Waals surface area contributed by atoms with Crippen molar-refractivity contribution in [3.8, 4) is 0 Å². The van der Waals surface area contributed by atoms with E-state index >= 15 is 0 Å². The molecule has 0 aromatic carbocycles. The standard InChI is InChI=1S/C15H26N4O2.ClH/c1-12-17-15(21-18-12)13-7-10-19(11-8-13)14(20)6-4-2-3-5-9-16;/h13H,2-11,16H2,1H3;1H. The monoisotopic (exact) mass is 330 g/mol. The Morgan fingerprint density at radius 3 is 2.55 bits per heavy atom. The van der Waals surface area contributed by atoms with Crippen LogP contribution in [-0.4, -0.2) is 40.6 Å². The topological polar surface area (TPSA) is 85.2 Å². The summed E-state index contributed by atoms with van der Waals surface area (Å²) in [7, 11) is 0. The molecule has 2 rings (SSSR count). The second-order valence-corrected chi connectivity index (χ2v) is 5.79. The van der Waals surface area contributed by atoms with Gasteiger partial charge in [-0.3, -0.25) is 4.79 Å². The molecule has 0 radical (unpaired) electrons. The molecular weight excluding hydrogens is 304 g/mol. The minimum atomic E-state index is 0. The number of halogens is 1. The maximum Gasteiger partial charge on any atom is 0.229 e. The van der Waals surface area contributed by atoms with Crippen molar-refractivity contribution in [2.45, 2.75) is 57.8 Å². The Morgan fingerprint density at radius 1 is 1.27 bits per heavy atom. The zero-order valence-corrected chi connectivity index (χ0v) is 14.1. The highest BCUT2D eigenvalue weighted by Gasteiger charge is 2.26. The number of amides is 1. The largest absolute Gasteiger partial charge is 0.343 e. The van der Waals surface area contributed by atoms with E-state index in [-0.39, 0.29) is 18.3 Å². The quantitative estimate of drug-likeness (QED) is 0.776. The molecule has 7 heteroatoms. The molecule has 1 aromatic rings. The second kappa shape index (κ2) is 9.79. The lowest BCUT2D eigenvalue weighted by molar-refractivity contribution is -0.132. The van der Waals surface area contributed by atoms with Gasteiger partial charge in [0.25, 0.3) is 0 Å². The van der Waals surface area contributed by atoms with Gasteiger partial charge in [-0.1, -0.05) is 18.0 Å². The van der Waals surface area contributed by atoms with Crippen molar-refractivity contribution in [2.24, 2.45) is 5.73 Å². The van der Waals surface area contributed by atoms with E-state index in [2.05, 4.69) is 10.1 Å². The average Bonchev–Trinajstić information content (AvgIpc) is 2.93. The Labute approximate surface area is 138 Å². The van der Waals surface area contributed by atoms with Gasteiger partial charge in [-0.15, -0.1) is 12.4 Å². The molecule has 0 bridgehead atoms. The van der Waals surface area contributed by atoms with E-state index in [0.717, 1.165) is 64.0 Å². The molecule has 1 saturated heterocycles. The molecule has 1 aromatic heterocycles. The van der Waals surface area contributed by atoms with E-state index in [1.165, 1.54) is 0 Å². The second-order valence-electron chi connectivity index (χ2n) is 5.79. The van der Waals surface area contributed by atoms with Gasteiger partial charge in [-0.05, 0) is 39.2 Å². The molecule has 1 amide bonds. The fraction of sp³-hybridized carbons (Fsp3) is 0.800. The number of aromatic nitrogens is 2. The third-order valence-corrected chi connectivity index (χ3v) is 4.08. The number of rotatable bonds is 7. The molecule has 6 nitrogen and oxygen atoms in total. The average molecular weight is 331 g/mol. The number of carbonyl (C=O) groups excluding carboxylic acids is 1. The zero-order chi connectivity index (χ0) is 15.1. The number of hydrogen-bond donors (Lipinski definition) is 1. The molecular formula is C15H27ClN4O2. The molecule has 126 valence electrons. The van der Waals surface area contributed by atoms with Crippen molar-refractivity contribution in [2.75, 3.05) is 19.6 Å². The van der Waals surface area contributed by atoms with Crippen LogP contribution in [0.4, 0.5) is 0 Å². The van der Waals surface area contributed by atoms with Crippen molar-refractivity contribution in [1.82, 2.24) is 15.0 Å². The van der Waals surface area contributed by atoms with Crippen molar-refractivity contribution >= 4 is 18.3 Å². The summed E-state index contributed by atoms with van der Waals surface area (Å²) in [4.78, 5) is 18.4. The van der Waals surface area contributed by atoms with Crippen LogP contribution in [0.5, 0.6) is 0 Å². The van der Waals surface area contributed by atoms with E-state index in [1.807, 2.05) is 11.8 Å². The molecule has 0 saturated carbocycles. The summed E-state index contributed by atoms with van der Waals surface area (Å²) >= 11 is 0. The zero-order valence-electron chi connectivity index (χ0n) is 13.3. The third-order valence-electron chi connectivity index (χ3n) is 4.08. The van der Waals surface area contributed by atoms with Gasteiger partial charge in [-0.25, -0.2) is 0 Å². The van der Waals surface area contributed by atoms with Gasteiger partial charge in [-0.2, -0.15) is 4.98 Å². The van der Waals surface area contributed by atoms with Gasteiger partial charge in [0.15, 0.2) is 5.82 Å². The number of nitrogens with two attached hydrogens (primary N) is 1. The van der Waals surface area contributed by atoms with E-state index in [0.29, 0.717) is 18.2 Å². The SMILES string of the molecule is Cc1noc(C2CCN(C(=O)CCCCCCN)CC2)n1.Cl. The Balaban J connectivity index is 0.00000242. The van der Waals surface area contributed by atoms with Crippen LogP contribution in [0.25, 0.3) is 0 Å². The lowest BCUT2D eigenvalue weighted by atomic mass is 9.96. The first kappa shape index (κ1) is 18.9. The van der Waals surface area contributed by atoms with Crippen LogP contribution in [0.2, 0.25) is 0 Å². The Bertz CT molecular complexity index is 445. The highest BCUT2D eigenvalue weighted by Crippen LogP contribution is 2.27. The van der Waals surface area contributed by atoms with Gasteiger partial charge >= 0.3 is 0 Å². The normalized spacial score (nSPS) is 15.6. The fourth-order valence-corrected chi connectivity index (χ4v) is 2.79. The first-order valence-electron chi connectivity index (χ1n) is 7.98. The van der Waals surface area contributed by atoms with Gasteiger partial charge in [0, 0.05) is 25.4 Å². The molecule has 2 heterocycles. The van der Waals surface area contributed by atoms with Gasteiger partial charge < -0.3 is 15.2 Å². The summed E-state index contributed by atoms with van der Waals surface area (Å²) in [5.74, 6) is 1.99. The van der Waals surface area contributed by atoms with Gasteiger partial charge in [0.2, 0.25) is 11.8 Å². The van der Waals surface area contributed by atoms with Crippen LogP contribution in [0, 0.1) is 6.92 Å². The highest BCUT2D eigenvalue weighted by atomic mass is 35.5. The van der Waals surface area contributed by atoms with E-state index in [9.17, 15) is 4.79 Å². The minimum absolute atomic E-state index is 0. The van der Waals surface area contributed by atoms with Crippen LogP contribution >= 0.6 is 12.4 Å². The predicted molar refractivity (Wildman–Crippen MR) is 87.0 cm³/mol. The predicted octanol–water partition coefficient (Wildman–Crippen LogP) is 2.42. The molecule has 0 atom stereocenters. The van der Waals surface area contributed by atoms with E-state index in [4.69, 9.17) is 10.3 Å². The fourth-order valence-electron chi connectivity index (χ4n) is 2.79. The van der Waals surface area contributed by atoms with Crippen LogP contribution < -0.4 is 5.73 Å². The summed E-state index contributed by atoms with van der Waals surface area (Å²) in [5.41, 5.74) is 5.46. The number of nitrogens with zero attached hydrogens (tertiary/aromatic N) is 3. The highest BCUT2D eigenvalue weighted by molar-refractivity contribution is 5.85. The number of unbranched alkanes of at least 4 members (excludes halogenated alkanes) is 3. The van der Waals surface area contributed by atoms with Crippen molar-refractivity contribution in [1.29, 1.82) is 0 Å². The van der Waals surface area contributed by atoms with Crippen LogP contribution in [0.15, 0.2) is 4.52 Å². The Morgan fingerprint density at radius 2 is 1.95 bits per heavy atom. The number of likely N-dealkylation sites (tertiary alicyclic amines) is 1. The first-order valence-corrected chi connectivity index (χ1v) is 7.98. The molecule has 0 unspecified atom stereocenters. The molecule has 2 N–H and O–H groups in total. The molecule has 1 aliphatic heterocycles. The van der Waals surface area contributed by atoms with Crippen molar-refractivity contribution in [3.63, 3.8) is 0 Å². The Kier molecular flexibility index (Phi) is 8.42. The van der Waals surface area contributed by atoms with Gasteiger partial charge in [0.1, 0.15) is 0 Å². The Hall–Kier alpha value is -1.14. The number of hydrogen-bond acceptors (Lipinski definition) is 5. The first-order chi connectivity index (χ1) is 10.2. The summed E-state index contributed by atoms with van der Waals surface area (Å²) in [6.45, 7) is 4.17. The summed E-state index contributed by atoms with van der Waals surface area (Å²) in [5, 5.41) is 3.84. The summed E-state index contributed by atoms with van der Waals surface area (Å²) in [6.07, 6.45) is 6.75. The molecule has 1 fully saturated rings. The van der Waals surface area contributed by atoms with Crippen LogP contribution in [-0.2, 0) is 4.79 Å². The smallest absolute Gasteiger partial charge is 0.229 e. The molecule has 1 aliphatic rings. The van der Waals surface area contributed by atoms with Crippen molar-refractivity contribution in [3.05, 3.63) is 11.7 Å². The number of carbonyl (C=O) groups is 1. The maximum absolute atomic E-state index is 12.1. The molecule has 0 spiro atoms. The third kappa shape index (κ3) is 5.57. The van der Waals surface area contributed by atoms with Crippen molar-refractivity contribution < 1.29 is 9.32 Å². The minimum Gasteiger partial charge on any atom is -0.343 e. The summed E-state index contributed by atoms with van der Waals surface area (Å²) in [6, 6.07) is 0. The number of piperidine rings is 1. The lowest BCUT2D eigenvalue weighted by Gasteiger charge is -2.30.